The van der Waals surface area contributed by atoms with E-state index in [9.17, 15) is 19.1 Å². The summed E-state index contributed by atoms with van der Waals surface area (Å²) in [5.41, 5.74) is -0.978. The fourth-order valence-electron chi connectivity index (χ4n) is 3.49. The second-order valence-corrected chi connectivity index (χ2v) is 9.00. The molecule has 188 valence electrons. The molecule has 1 aliphatic rings. The van der Waals surface area contributed by atoms with Crippen LogP contribution < -0.4 is 10.1 Å². The van der Waals surface area contributed by atoms with E-state index in [0.717, 1.165) is 4.90 Å². The van der Waals surface area contributed by atoms with Gasteiger partial charge in [-0.25, -0.2) is 14.1 Å². The van der Waals surface area contributed by atoms with Crippen LogP contribution in [0.25, 0.3) is 0 Å². The molecule has 1 aromatic carbocycles. The van der Waals surface area contributed by atoms with E-state index in [1.165, 1.54) is 39.5 Å². The van der Waals surface area contributed by atoms with Crippen molar-refractivity contribution in [2.24, 2.45) is 0 Å². The van der Waals surface area contributed by atoms with Gasteiger partial charge in [-0.3, -0.25) is 4.79 Å². The number of imide groups is 1. The number of ether oxygens (including phenoxy) is 4. The van der Waals surface area contributed by atoms with Gasteiger partial charge in [-0.05, 0) is 39.3 Å². The maximum Gasteiger partial charge on any atom is 0.417 e. The zero-order valence-electron chi connectivity index (χ0n) is 20.1. The van der Waals surface area contributed by atoms with Crippen molar-refractivity contribution in [3.05, 3.63) is 35.3 Å². The Morgan fingerprint density at radius 1 is 1.29 bits per heavy atom. The van der Waals surface area contributed by atoms with Gasteiger partial charge in [0.15, 0.2) is 17.9 Å². The minimum absolute atomic E-state index is 0.0530. The molecule has 0 aliphatic carbocycles. The second-order valence-electron chi connectivity index (χ2n) is 8.59. The number of carbonyl (C=O) groups is 2. The first-order chi connectivity index (χ1) is 15.9. The molecule has 1 aromatic rings. The number of nitrogens with one attached hydrogen (secondary N) is 1. The van der Waals surface area contributed by atoms with E-state index in [1.54, 1.807) is 20.8 Å². The number of aliphatic hydroxyl groups excluding tert-OH is 1. The molecular weight excluding hydrogens is 467 g/mol. The van der Waals surface area contributed by atoms with Crippen molar-refractivity contribution in [1.82, 2.24) is 4.90 Å². The van der Waals surface area contributed by atoms with Gasteiger partial charge in [0, 0.05) is 27.1 Å². The van der Waals surface area contributed by atoms with E-state index < -0.39 is 35.8 Å². The lowest BCUT2D eigenvalue weighted by Gasteiger charge is -2.36. The molecule has 2 amide bonds. The third-order valence-corrected chi connectivity index (χ3v) is 5.32. The van der Waals surface area contributed by atoms with Gasteiger partial charge in [0.1, 0.15) is 21.9 Å². The fourth-order valence-corrected chi connectivity index (χ4v) is 3.80. The molecule has 0 saturated heterocycles. The maximum absolute atomic E-state index is 14.1. The first-order valence-electron chi connectivity index (χ1n) is 10.6. The number of nitrogens with zero attached hydrogens (tertiary/aromatic N) is 1. The van der Waals surface area contributed by atoms with Crippen molar-refractivity contribution in [3.8, 4) is 5.75 Å². The highest BCUT2D eigenvalue weighted by molar-refractivity contribution is 7.81. The standard InChI is InChI=1S/C23H31FN2O7S/c1-23(2,3)33-22(29)26-13(10-11-17(30-4)31-5)12-16(27)18(21(26)28)20(34)25-15-9-7-8-14(24)19(15)32-6/h7-9,13,17,27H,10-12H2,1-6H3,(H,25,34). The number of amides is 2. The molecule has 34 heavy (non-hydrogen) atoms. The molecule has 2 N–H and O–H groups in total. The molecule has 0 fully saturated rings. The Balaban J connectivity index is 2.38. The van der Waals surface area contributed by atoms with Crippen LogP contribution in [0, 0.1) is 5.82 Å². The normalized spacial score (nSPS) is 16.6. The van der Waals surface area contributed by atoms with Crippen LogP contribution in [0.3, 0.4) is 0 Å². The van der Waals surface area contributed by atoms with Gasteiger partial charge in [0.2, 0.25) is 0 Å². The molecule has 1 heterocycles. The Bertz CT molecular complexity index is 957. The van der Waals surface area contributed by atoms with Crippen LogP contribution in [0.4, 0.5) is 14.9 Å². The Morgan fingerprint density at radius 3 is 2.50 bits per heavy atom. The van der Waals surface area contributed by atoms with Gasteiger partial charge >= 0.3 is 6.09 Å². The molecule has 11 heteroatoms. The average Bonchev–Trinajstić information content (AvgIpc) is 2.73. The fraction of sp³-hybridized carbons (Fsp3) is 0.522. The van der Waals surface area contributed by atoms with Crippen LogP contribution in [-0.2, 0) is 19.0 Å². The van der Waals surface area contributed by atoms with Crippen LogP contribution in [0.1, 0.15) is 40.0 Å². The Morgan fingerprint density at radius 2 is 1.94 bits per heavy atom. The van der Waals surface area contributed by atoms with Gasteiger partial charge < -0.3 is 29.4 Å². The largest absolute Gasteiger partial charge is 0.511 e. The van der Waals surface area contributed by atoms with Crippen LogP contribution >= 0.6 is 12.2 Å². The highest BCUT2D eigenvalue weighted by Crippen LogP contribution is 2.32. The monoisotopic (exact) mass is 498 g/mol. The maximum atomic E-state index is 14.1. The van der Waals surface area contributed by atoms with Crippen molar-refractivity contribution < 1.29 is 38.0 Å². The lowest BCUT2D eigenvalue weighted by Crippen LogP contribution is -2.52. The molecule has 2 rings (SSSR count). The van der Waals surface area contributed by atoms with Gasteiger partial charge in [-0.1, -0.05) is 18.3 Å². The van der Waals surface area contributed by atoms with Crippen LogP contribution in [0.5, 0.6) is 5.75 Å². The van der Waals surface area contributed by atoms with Crippen molar-refractivity contribution >= 4 is 34.9 Å². The van der Waals surface area contributed by atoms with Crippen molar-refractivity contribution in [3.63, 3.8) is 0 Å². The molecule has 1 aliphatic heterocycles. The number of para-hydroxylation sites is 1. The summed E-state index contributed by atoms with van der Waals surface area (Å²) < 4.78 is 34.9. The Kier molecular flexibility index (Phi) is 9.37. The molecule has 0 saturated carbocycles. The van der Waals surface area contributed by atoms with Gasteiger partial charge in [-0.15, -0.1) is 0 Å². The van der Waals surface area contributed by atoms with Gasteiger partial charge in [0.05, 0.1) is 18.8 Å². The lowest BCUT2D eigenvalue weighted by atomic mass is 9.96. The minimum atomic E-state index is -0.870. The van der Waals surface area contributed by atoms with E-state index in [4.69, 9.17) is 31.2 Å². The van der Waals surface area contributed by atoms with Gasteiger partial charge in [-0.2, -0.15) is 0 Å². The highest BCUT2D eigenvalue weighted by Gasteiger charge is 2.42. The minimum Gasteiger partial charge on any atom is -0.511 e. The van der Waals surface area contributed by atoms with E-state index in [-0.39, 0.29) is 40.6 Å². The number of hydrogen-bond donors (Lipinski definition) is 2. The van der Waals surface area contributed by atoms with Crippen LogP contribution in [0.15, 0.2) is 29.5 Å². The number of aliphatic hydroxyl groups is 1. The number of rotatable bonds is 8. The van der Waals surface area contributed by atoms with Crippen LogP contribution in [0.2, 0.25) is 0 Å². The van der Waals surface area contributed by atoms with Crippen LogP contribution in [-0.4, -0.2) is 66.3 Å². The summed E-state index contributed by atoms with van der Waals surface area (Å²) in [6, 6.07) is 3.43. The smallest absolute Gasteiger partial charge is 0.417 e. The molecule has 0 spiro atoms. The lowest BCUT2D eigenvalue weighted by molar-refractivity contribution is -0.131. The topological polar surface area (TPSA) is 107 Å². The molecular formula is C23H31FN2O7S. The molecule has 9 nitrogen and oxygen atoms in total. The van der Waals surface area contributed by atoms with Crippen molar-refractivity contribution in [1.29, 1.82) is 0 Å². The summed E-state index contributed by atoms with van der Waals surface area (Å²) in [6.45, 7) is 5.03. The number of halogens is 1. The average molecular weight is 499 g/mol. The summed E-state index contributed by atoms with van der Waals surface area (Å²) in [6.07, 6.45) is -0.832. The SMILES string of the molecule is COc1c(F)cccc1NC(=S)C1=C(O)CC(CCC(OC)OC)N(C(=O)OC(C)(C)C)C1=O. The number of methoxy groups -OCH3 is 3. The van der Waals surface area contributed by atoms with Crippen molar-refractivity contribution in [2.45, 2.75) is 58.0 Å². The first-order valence-corrected chi connectivity index (χ1v) is 11.0. The summed E-state index contributed by atoms with van der Waals surface area (Å²) in [7, 11) is 4.25. The third kappa shape index (κ3) is 6.64. The van der Waals surface area contributed by atoms with E-state index >= 15 is 0 Å². The quantitative estimate of drug-likeness (QED) is 0.400. The molecule has 1 unspecified atom stereocenters. The van der Waals surface area contributed by atoms with E-state index in [1.807, 2.05) is 0 Å². The number of thiocarbonyl (C=S) groups is 1. The number of hydrogen-bond acceptors (Lipinski definition) is 8. The zero-order chi connectivity index (χ0) is 25.6. The summed E-state index contributed by atoms with van der Waals surface area (Å²) >= 11 is 5.35. The highest BCUT2D eigenvalue weighted by atomic mass is 32.1. The second kappa shape index (κ2) is 11.6. The third-order valence-electron chi connectivity index (χ3n) is 5.01. The molecule has 0 radical (unpaired) electrons. The van der Waals surface area contributed by atoms with Crippen molar-refractivity contribution in [2.75, 3.05) is 26.6 Å². The summed E-state index contributed by atoms with van der Waals surface area (Å²) in [5, 5.41) is 13.5. The summed E-state index contributed by atoms with van der Waals surface area (Å²) in [4.78, 5) is 27.2. The molecule has 0 aromatic heterocycles. The zero-order valence-corrected chi connectivity index (χ0v) is 21.0. The molecule has 0 bridgehead atoms. The summed E-state index contributed by atoms with van der Waals surface area (Å²) in [5.74, 6) is -1.87. The van der Waals surface area contributed by atoms with E-state index in [0.29, 0.717) is 6.42 Å². The molecule has 1 atom stereocenters. The predicted molar refractivity (Wildman–Crippen MR) is 127 cm³/mol. The number of benzene rings is 1. The number of carbonyl (C=O) groups excluding carboxylic acids is 2. The number of anilines is 1. The van der Waals surface area contributed by atoms with E-state index in [2.05, 4.69) is 5.32 Å². The predicted octanol–water partition coefficient (Wildman–Crippen LogP) is 4.32. The van der Waals surface area contributed by atoms with Gasteiger partial charge in [0.25, 0.3) is 5.91 Å². The Hall–Kier alpha value is -2.76. The first kappa shape index (κ1) is 27.5. The Labute approximate surface area is 203 Å².